The van der Waals surface area contributed by atoms with Gasteiger partial charge in [0.15, 0.2) is 5.11 Å². The van der Waals surface area contributed by atoms with Crippen molar-refractivity contribution in [3.05, 3.63) is 95.2 Å². The number of methoxy groups -OCH3 is 1. The number of hydrogen-bond acceptors (Lipinski definition) is 4. The van der Waals surface area contributed by atoms with E-state index in [4.69, 9.17) is 17.0 Å². The van der Waals surface area contributed by atoms with E-state index in [2.05, 4.69) is 24.4 Å². The van der Waals surface area contributed by atoms with Crippen molar-refractivity contribution in [2.24, 2.45) is 0 Å². The topological polar surface area (TPSA) is 41.6 Å². The Morgan fingerprint density at radius 2 is 1.78 bits per heavy atom. The number of benzene rings is 3. The maximum absolute atomic E-state index is 13.1. The fraction of sp³-hybridized carbons (Fsp3) is 0.154. The maximum atomic E-state index is 13.1. The molecule has 3 aromatic rings. The van der Waals surface area contributed by atoms with Crippen molar-refractivity contribution in [1.29, 1.82) is 0 Å². The number of carbonyl (C=O) groups excluding carboxylic acids is 1. The summed E-state index contributed by atoms with van der Waals surface area (Å²) in [5, 5.41) is 3.47. The molecule has 4 rings (SSSR count). The first-order chi connectivity index (χ1) is 15.6. The van der Waals surface area contributed by atoms with Gasteiger partial charge in [-0.15, -0.1) is 11.8 Å². The number of thiocarbonyl (C=S) groups is 1. The molecule has 0 unspecified atom stereocenters. The minimum absolute atomic E-state index is 0.154. The molecule has 0 aromatic heterocycles. The second-order valence-electron chi connectivity index (χ2n) is 7.28. The minimum Gasteiger partial charge on any atom is -0.496 e. The van der Waals surface area contributed by atoms with Crippen LogP contribution in [0.3, 0.4) is 0 Å². The number of carbonyl (C=O) groups is 1. The number of thioether (sulfide) groups is 1. The first-order valence-electron chi connectivity index (χ1n) is 10.4. The molecule has 162 valence electrons. The molecule has 0 saturated carbocycles. The van der Waals surface area contributed by atoms with Crippen LogP contribution in [0.1, 0.15) is 23.6 Å². The summed E-state index contributed by atoms with van der Waals surface area (Å²) in [5.41, 5.74) is 4.33. The zero-order valence-electron chi connectivity index (χ0n) is 18.0. The lowest BCUT2D eigenvalue weighted by Gasteiger charge is -2.17. The van der Waals surface area contributed by atoms with E-state index in [1.165, 1.54) is 4.90 Å². The Bertz CT molecular complexity index is 1180. The first kappa shape index (κ1) is 22.1. The van der Waals surface area contributed by atoms with Crippen molar-refractivity contribution < 1.29 is 9.53 Å². The largest absolute Gasteiger partial charge is 0.496 e. The lowest BCUT2D eigenvalue weighted by atomic mass is 10.1. The van der Waals surface area contributed by atoms with Gasteiger partial charge in [0.1, 0.15) is 11.4 Å². The second kappa shape index (κ2) is 10.0. The van der Waals surface area contributed by atoms with Crippen molar-refractivity contribution in [1.82, 2.24) is 5.32 Å². The highest BCUT2D eigenvalue weighted by molar-refractivity contribution is 7.98. The number of ether oxygens (including phenoxy) is 1. The Kier molecular flexibility index (Phi) is 6.93. The van der Waals surface area contributed by atoms with E-state index < -0.39 is 0 Å². The monoisotopic (exact) mass is 460 g/mol. The first-order valence-corrected chi connectivity index (χ1v) is 11.8. The van der Waals surface area contributed by atoms with Crippen LogP contribution in [-0.4, -0.2) is 18.1 Å². The Morgan fingerprint density at radius 1 is 1.03 bits per heavy atom. The minimum atomic E-state index is -0.154. The van der Waals surface area contributed by atoms with Crippen molar-refractivity contribution in [2.45, 2.75) is 24.0 Å². The number of anilines is 1. The molecule has 1 saturated heterocycles. The molecular formula is C26H24N2O2S2. The van der Waals surface area contributed by atoms with E-state index in [0.29, 0.717) is 10.8 Å². The van der Waals surface area contributed by atoms with Gasteiger partial charge < -0.3 is 10.1 Å². The second-order valence-corrected chi connectivity index (χ2v) is 8.72. The Labute approximate surface area is 198 Å². The number of rotatable bonds is 7. The Balaban J connectivity index is 1.55. The lowest BCUT2D eigenvalue weighted by Crippen LogP contribution is -2.31. The Morgan fingerprint density at radius 3 is 2.53 bits per heavy atom. The predicted octanol–water partition coefficient (Wildman–Crippen LogP) is 5.81. The third-order valence-electron chi connectivity index (χ3n) is 5.25. The molecule has 1 aliphatic rings. The van der Waals surface area contributed by atoms with Crippen molar-refractivity contribution >= 4 is 46.8 Å². The van der Waals surface area contributed by atoms with Gasteiger partial charge in [0.05, 0.1) is 12.8 Å². The van der Waals surface area contributed by atoms with Crippen LogP contribution in [0.25, 0.3) is 6.08 Å². The quantitative estimate of drug-likeness (QED) is 0.274. The standard InChI is InChI=1S/C26H24N2O2S2/c1-3-19-9-7-8-12-23(19)28-25(29)22(27-26(28)31)15-18-13-14-20(24(16-18)30-2)17-32-21-10-5-4-6-11-21/h4-16H,3,17H2,1-2H3,(H,27,31)/b22-15+. The lowest BCUT2D eigenvalue weighted by molar-refractivity contribution is -0.113. The molecule has 32 heavy (non-hydrogen) atoms. The third-order valence-corrected chi connectivity index (χ3v) is 6.60. The summed E-state index contributed by atoms with van der Waals surface area (Å²) in [6, 6.07) is 24.1. The molecule has 0 bridgehead atoms. The number of amides is 1. The molecule has 0 aliphatic carbocycles. The summed E-state index contributed by atoms with van der Waals surface area (Å²) in [5.74, 6) is 1.44. The zero-order valence-corrected chi connectivity index (χ0v) is 19.6. The fourth-order valence-electron chi connectivity index (χ4n) is 3.60. The van der Waals surface area contributed by atoms with Crippen LogP contribution in [-0.2, 0) is 17.0 Å². The molecule has 4 nitrogen and oxygen atoms in total. The average molecular weight is 461 g/mol. The number of hydrogen-bond donors (Lipinski definition) is 1. The number of nitrogens with one attached hydrogen (secondary N) is 1. The molecule has 6 heteroatoms. The molecule has 1 N–H and O–H groups in total. The van der Waals surface area contributed by atoms with Gasteiger partial charge >= 0.3 is 0 Å². The van der Waals surface area contributed by atoms with Crippen LogP contribution < -0.4 is 15.0 Å². The average Bonchev–Trinajstić information content (AvgIpc) is 3.11. The van der Waals surface area contributed by atoms with Gasteiger partial charge in [-0.25, -0.2) is 0 Å². The summed E-state index contributed by atoms with van der Waals surface area (Å²) in [6.45, 7) is 2.07. The van der Waals surface area contributed by atoms with Crippen LogP contribution in [0.4, 0.5) is 5.69 Å². The van der Waals surface area contributed by atoms with Gasteiger partial charge in [-0.2, -0.15) is 0 Å². The van der Waals surface area contributed by atoms with E-state index in [9.17, 15) is 4.79 Å². The highest BCUT2D eigenvalue weighted by atomic mass is 32.2. The van der Waals surface area contributed by atoms with Crippen LogP contribution in [0, 0.1) is 0 Å². The van der Waals surface area contributed by atoms with Gasteiger partial charge in [-0.05, 0) is 60.1 Å². The smallest absolute Gasteiger partial charge is 0.281 e. The highest BCUT2D eigenvalue weighted by Gasteiger charge is 2.32. The number of para-hydroxylation sites is 1. The van der Waals surface area contributed by atoms with Crippen molar-refractivity contribution in [3.63, 3.8) is 0 Å². The van der Waals surface area contributed by atoms with E-state index >= 15 is 0 Å². The van der Waals surface area contributed by atoms with Gasteiger partial charge in [-0.1, -0.05) is 55.5 Å². The third kappa shape index (κ3) is 4.71. The molecule has 0 atom stereocenters. The SMILES string of the molecule is CCc1ccccc1N1C(=O)/C(=C\c2ccc(CSc3ccccc3)c(OC)c2)NC1=S. The highest BCUT2D eigenvalue weighted by Crippen LogP contribution is 2.30. The predicted molar refractivity (Wildman–Crippen MR) is 136 cm³/mol. The summed E-state index contributed by atoms with van der Waals surface area (Å²) < 4.78 is 5.62. The van der Waals surface area contributed by atoms with E-state index in [0.717, 1.165) is 40.3 Å². The molecule has 1 fully saturated rings. The normalized spacial score (nSPS) is 14.7. The molecule has 1 heterocycles. The number of nitrogens with zero attached hydrogens (tertiary/aromatic N) is 1. The van der Waals surface area contributed by atoms with E-state index in [-0.39, 0.29) is 5.91 Å². The zero-order chi connectivity index (χ0) is 22.5. The van der Waals surface area contributed by atoms with Gasteiger partial charge in [0.2, 0.25) is 0 Å². The van der Waals surface area contributed by atoms with E-state index in [1.54, 1.807) is 23.8 Å². The van der Waals surface area contributed by atoms with Gasteiger partial charge in [0, 0.05) is 16.2 Å². The maximum Gasteiger partial charge on any atom is 0.281 e. The molecule has 1 amide bonds. The van der Waals surface area contributed by atoms with E-state index in [1.807, 2.05) is 66.7 Å². The summed E-state index contributed by atoms with van der Waals surface area (Å²) in [7, 11) is 1.67. The van der Waals surface area contributed by atoms with Crippen LogP contribution >= 0.6 is 24.0 Å². The number of aryl methyl sites for hydroxylation is 1. The van der Waals surface area contributed by atoms with Gasteiger partial charge in [-0.3, -0.25) is 9.69 Å². The van der Waals surface area contributed by atoms with Crippen molar-refractivity contribution in [3.8, 4) is 5.75 Å². The molecule has 1 aliphatic heterocycles. The molecular weight excluding hydrogens is 436 g/mol. The molecule has 0 spiro atoms. The van der Waals surface area contributed by atoms with Crippen LogP contribution in [0.5, 0.6) is 5.75 Å². The molecule has 0 radical (unpaired) electrons. The Hall–Kier alpha value is -3.09. The van der Waals surface area contributed by atoms with Crippen LogP contribution in [0.15, 0.2) is 83.4 Å². The summed E-state index contributed by atoms with van der Waals surface area (Å²) in [6.07, 6.45) is 2.64. The van der Waals surface area contributed by atoms with Crippen molar-refractivity contribution in [2.75, 3.05) is 12.0 Å². The fourth-order valence-corrected chi connectivity index (χ4v) is 4.80. The summed E-state index contributed by atoms with van der Waals surface area (Å²) >= 11 is 7.23. The summed E-state index contributed by atoms with van der Waals surface area (Å²) in [4.78, 5) is 15.9. The van der Waals surface area contributed by atoms with Gasteiger partial charge in [0.25, 0.3) is 5.91 Å². The van der Waals surface area contributed by atoms with Crippen LogP contribution in [0.2, 0.25) is 0 Å². The molecule has 3 aromatic carbocycles.